The molecule has 14 heavy (non-hydrogen) atoms. The van der Waals surface area contributed by atoms with Gasteiger partial charge in [-0.05, 0) is 12.0 Å². The summed E-state index contributed by atoms with van der Waals surface area (Å²) in [5.74, 6) is 0.332. The topological polar surface area (TPSA) is 69.0 Å². The van der Waals surface area contributed by atoms with E-state index in [0.29, 0.717) is 29.4 Å². The van der Waals surface area contributed by atoms with Crippen molar-refractivity contribution in [1.82, 2.24) is 4.98 Å². The van der Waals surface area contributed by atoms with Gasteiger partial charge >= 0.3 is 0 Å². The highest BCUT2D eigenvalue weighted by Gasteiger charge is 2.05. The first-order valence-electron chi connectivity index (χ1n) is 4.26. The summed E-state index contributed by atoms with van der Waals surface area (Å²) in [5.41, 5.74) is 2.31. The fraction of sp³-hybridized carbons (Fsp3) is 0.333. The Morgan fingerprint density at radius 3 is 2.86 bits per heavy atom. The molecule has 0 amide bonds. The van der Waals surface area contributed by atoms with Gasteiger partial charge in [-0.3, -0.25) is 4.98 Å². The average Bonchev–Trinajstić information content (AvgIpc) is 2.18. The number of anilines is 1. The molecule has 0 atom stereocenters. The molecule has 0 unspecified atom stereocenters. The summed E-state index contributed by atoms with van der Waals surface area (Å²) in [4.78, 5) is 4.21. The smallest absolute Gasteiger partial charge is 0.108 e. The Bertz CT molecular complexity index is 328. The molecule has 0 fully saturated rings. The quantitative estimate of drug-likeness (QED) is 0.407. The minimum absolute atomic E-state index is 0.332. The number of rotatable bonds is 4. The average molecular weight is 211 g/mol. The van der Waals surface area contributed by atoms with Crippen molar-refractivity contribution in [1.29, 1.82) is 5.41 Å². The van der Waals surface area contributed by atoms with Gasteiger partial charge in [-0.15, -0.1) is 0 Å². The lowest BCUT2D eigenvalue weighted by atomic mass is 10.1. The van der Waals surface area contributed by atoms with Crippen LogP contribution in [0.4, 0.5) is 5.69 Å². The predicted octanol–water partition coefficient (Wildman–Crippen LogP) is 2.74. The largest absolute Gasteiger partial charge is 0.312 e. The summed E-state index contributed by atoms with van der Waals surface area (Å²) < 4.78 is 11.4. The van der Waals surface area contributed by atoms with Crippen LogP contribution < -0.4 is 4.72 Å². The SMILES string of the molecule is CC(C)c1cc(NSO)c(C=N)cn1. The third kappa shape index (κ3) is 2.46. The van der Waals surface area contributed by atoms with E-state index < -0.39 is 0 Å². The van der Waals surface area contributed by atoms with Crippen molar-refractivity contribution in [2.45, 2.75) is 19.8 Å². The zero-order valence-electron chi connectivity index (χ0n) is 8.11. The summed E-state index contributed by atoms with van der Waals surface area (Å²) in [6, 6.07) is 1.84. The Kier molecular flexibility index (Phi) is 3.91. The molecule has 0 spiro atoms. The summed E-state index contributed by atoms with van der Waals surface area (Å²) in [6.45, 7) is 4.09. The van der Waals surface area contributed by atoms with Crippen LogP contribution in [0.5, 0.6) is 0 Å². The molecule has 0 saturated carbocycles. The number of hydrogen-bond donors (Lipinski definition) is 3. The van der Waals surface area contributed by atoms with Crippen molar-refractivity contribution in [3.05, 3.63) is 23.5 Å². The Morgan fingerprint density at radius 1 is 1.64 bits per heavy atom. The van der Waals surface area contributed by atoms with Crippen molar-refractivity contribution < 1.29 is 4.55 Å². The summed E-state index contributed by atoms with van der Waals surface area (Å²) in [5, 5.41) is 7.14. The molecule has 0 aromatic carbocycles. The Morgan fingerprint density at radius 2 is 2.36 bits per heavy atom. The van der Waals surface area contributed by atoms with Gasteiger partial charge < -0.3 is 14.7 Å². The third-order valence-corrected chi connectivity index (χ3v) is 2.17. The number of nitrogens with zero attached hydrogens (tertiary/aromatic N) is 1. The molecule has 0 aliphatic heterocycles. The van der Waals surface area contributed by atoms with E-state index in [2.05, 4.69) is 9.71 Å². The van der Waals surface area contributed by atoms with E-state index in [0.717, 1.165) is 5.69 Å². The fourth-order valence-electron chi connectivity index (χ4n) is 1.05. The second-order valence-electron chi connectivity index (χ2n) is 3.19. The molecule has 3 N–H and O–H groups in total. The van der Waals surface area contributed by atoms with Gasteiger partial charge in [-0.1, -0.05) is 13.8 Å². The highest BCUT2D eigenvalue weighted by atomic mass is 32.2. The van der Waals surface area contributed by atoms with E-state index in [-0.39, 0.29) is 0 Å². The zero-order chi connectivity index (χ0) is 10.6. The van der Waals surface area contributed by atoms with Crippen LogP contribution in [0.2, 0.25) is 0 Å². The molecule has 1 aromatic heterocycles. The molecule has 0 aliphatic rings. The van der Waals surface area contributed by atoms with E-state index in [4.69, 9.17) is 9.96 Å². The molecular weight excluding hydrogens is 198 g/mol. The molecule has 1 heterocycles. The first kappa shape index (κ1) is 11.0. The van der Waals surface area contributed by atoms with Crippen LogP contribution in [0, 0.1) is 5.41 Å². The molecule has 1 rings (SSSR count). The third-order valence-electron chi connectivity index (χ3n) is 1.86. The highest BCUT2D eigenvalue weighted by molar-refractivity contribution is 7.95. The molecule has 0 aliphatic carbocycles. The van der Waals surface area contributed by atoms with Crippen molar-refractivity contribution in [3.63, 3.8) is 0 Å². The lowest BCUT2D eigenvalue weighted by Crippen LogP contribution is -1.99. The van der Waals surface area contributed by atoms with E-state index in [1.54, 1.807) is 6.20 Å². The molecule has 4 nitrogen and oxygen atoms in total. The minimum atomic E-state index is 0.332. The number of pyridine rings is 1. The van der Waals surface area contributed by atoms with Crippen molar-refractivity contribution in [3.8, 4) is 0 Å². The number of aromatic nitrogens is 1. The van der Waals surface area contributed by atoms with Gasteiger partial charge in [-0.2, -0.15) is 0 Å². The van der Waals surface area contributed by atoms with Crippen molar-refractivity contribution >= 4 is 24.1 Å². The molecule has 0 radical (unpaired) electrons. The minimum Gasteiger partial charge on any atom is -0.312 e. The van der Waals surface area contributed by atoms with Gasteiger partial charge in [-0.25, -0.2) is 0 Å². The summed E-state index contributed by atoms with van der Waals surface area (Å²) >= 11 is 0.524. The van der Waals surface area contributed by atoms with Crippen LogP contribution in [-0.2, 0) is 0 Å². The Labute approximate surface area is 87.6 Å². The van der Waals surface area contributed by atoms with Gasteiger partial charge in [0.05, 0.1) is 5.69 Å². The molecule has 0 saturated heterocycles. The normalized spacial score (nSPS) is 10.3. The van der Waals surface area contributed by atoms with Gasteiger partial charge in [0, 0.05) is 23.7 Å². The van der Waals surface area contributed by atoms with Crippen LogP contribution in [0.25, 0.3) is 0 Å². The maximum atomic E-state index is 8.68. The molecule has 5 heteroatoms. The van der Waals surface area contributed by atoms with Gasteiger partial charge in [0.1, 0.15) is 12.2 Å². The van der Waals surface area contributed by atoms with E-state index in [1.807, 2.05) is 19.9 Å². The molecule has 0 bridgehead atoms. The van der Waals surface area contributed by atoms with Gasteiger partial charge in [0.2, 0.25) is 0 Å². The fourth-order valence-corrected chi connectivity index (χ4v) is 1.33. The van der Waals surface area contributed by atoms with Gasteiger partial charge in [0.25, 0.3) is 0 Å². The standard InChI is InChI=1S/C9H13N3OS/c1-6(2)8-3-9(12-14-13)7(4-10)5-11-8/h3-6,10,13H,1-2H3,(H,11,12). The maximum absolute atomic E-state index is 8.68. The molecule has 76 valence electrons. The van der Waals surface area contributed by atoms with Crippen LogP contribution in [0.15, 0.2) is 12.3 Å². The number of nitrogens with one attached hydrogen (secondary N) is 2. The first-order chi connectivity index (χ1) is 6.69. The van der Waals surface area contributed by atoms with Crippen LogP contribution >= 0.6 is 12.2 Å². The Balaban J connectivity index is 3.06. The maximum Gasteiger partial charge on any atom is 0.108 e. The van der Waals surface area contributed by atoms with Crippen LogP contribution in [0.1, 0.15) is 31.0 Å². The zero-order valence-corrected chi connectivity index (χ0v) is 8.93. The Hall–Kier alpha value is -1.07. The predicted molar refractivity (Wildman–Crippen MR) is 60.1 cm³/mol. The van der Waals surface area contributed by atoms with E-state index in [1.165, 1.54) is 6.21 Å². The molecular formula is C9H13N3OS. The van der Waals surface area contributed by atoms with Crippen LogP contribution in [0.3, 0.4) is 0 Å². The second-order valence-corrected chi connectivity index (χ2v) is 3.58. The van der Waals surface area contributed by atoms with Crippen molar-refractivity contribution in [2.24, 2.45) is 0 Å². The highest BCUT2D eigenvalue weighted by Crippen LogP contribution is 2.20. The summed E-state index contributed by atoms with van der Waals surface area (Å²) in [7, 11) is 0. The van der Waals surface area contributed by atoms with Crippen LogP contribution in [-0.4, -0.2) is 15.8 Å². The van der Waals surface area contributed by atoms with E-state index >= 15 is 0 Å². The summed E-state index contributed by atoms with van der Waals surface area (Å²) in [6.07, 6.45) is 2.83. The first-order valence-corrected chi connectivity index (χ1v) is 5.03. The molecule has 1 aromatic rings. The van der Waals surface area contributed by atoms with Crippen molar-refractivity contribution in [2.75, 3.05) is 4.72 Å². The lowest BCUT2D eigenvalue weighted by molar-refractivity contribution is 0.668. The second kappa shape index (κ2) is 4.97. The van der Waals surface area contributed by atoms with E-state index in [9.17, 15) is 0 Å². The number of hydrogen-bond acceptors (Lipinski definition) is 5. The van der Waals surface area contributed by atoms with Gasteiger partial charge in [0.15, 0.2) is 0 Å². The monoisotopic (exact) mass is 211 g/mol. The lowest BCUT2D eigenvalue weighted by Gasteiger charge is -2.09.